The van der Waals surface area contributed by atoms with Crippen LogP contribution in [0.1, 0.15) is 10.4 Å². The first-order valence-electron chi connectivity index (χ1n) is 5.69. The van der Waals surface area contributed by atoms with Gasteiger partial charge in [0.1, 0.15) is 5.58 Å². The van der Waals surface area contributed by atoms with E-state index in [1.807, 2.05) is 24.3 Å². The molecule has 0 saturated carbocycles. The minimum Gasteiger partial charge on any atom is -0.440 e. The number of fused-ring (bicyclic) bond motifs is 1. The van der Waals surface area contributed by atoms with Crippen LogP contribution in [-0.2, 0) is 4.74 Å². The Kier molecular flexibility index (Phi) is 2.57. The lowest BCUT2D eigenvalue weighted by atomic mass is 10.2. The number of aldehydes is 1. The second-order valence-corrected chi connectivity index (χ2v) is 4.03. The van der Waals surface area contributed by atoms with Crippen LogP contribution in [-0.4, -0.2) is 32.6 Å². The van der Waals surface area contributed by atoms with Crippen LogP contribution in [0.25, 0.3) is 11.0 Å². The zero-order valence-corrected chi connectivity index (χ0v) is 9.39. The highest BCUT2D eigenvalue weighted by atomic mass is 16.5. The van der Waals surface area contributed by atoms with Crippen molar-refractivity contribution in [3.8, 4) is 0 Å². The van der Waals surface area contributed by atoms with Gasteiger partial charge in [-0.15, -0.1) is 0 Å². The lowest BCUT2D eigenvalue weighted by Gasteiger charge is -2.26. The molecule has 0 radical (unpaired) electrons. The Balaban J connectivity index is 2.11. The van der Waals surface area contributed by atoms with Crippen molar-refractivity contribution in [1.82, 2.24) is 0 Å². The fraction of sp³-hybridized carbons (Fsp3) is 0.308. The lowest BCUT2D eigenvalue weighted by Crippen LogP contribution is -2.36. The Bertz CT molecular complexity index is 541. The molecule has 1 aliphatic rings. The first-order chi connectivity index (χ1) is 8.40. The molecule has 0 unspecified atom stereocenters. The van der Waals surface area contributed by atoms with E-state index in [4.69, 9.17) is 9.15 Å². The first-order valence-corrected chi connectivity index (χ1v) is 5.69. The number of nitrogens with zero attached hydrogens (tertiary/aromatic N) is 1. The summed E-state index contributed by atoms with van der Waals surface area (Å²) in [6.07, 6.45) is 0.872. The molecule has 0 atom stereocenters. The van der Waals surface area contributed by atoms with Gasteiger partial charge in [0, 0.05) is 18.5 Å². The highest BCUT2D eigenvalue weighted by Crippen LogP contribution is 2.31. The Morgan fingerprint density at radius 1 is 1.18 bits per heavy atom. The average molecular weight is 231 g/mol. The molecule has 1 aromatic carbocycles. The van der Waals surface area contributed by atoms with E-state index in [1.54, 1.807) is 0 Å². The Labute approximate surface area is 98.8 Å². The van der Waals surface area contributed by atoms with Crippen LogP contribution in [0.5, 0.6) is 0 Å². The fourth-order valence-electron chi connectivity index (χ4n) is 2.17. The molecule has 4 heteroatoms. The summed E-state index contributed by atoms with van der Waals surface area (Å²) in [6.45, 7) is 2.88. The van der Waals surface area contributed by atoms with Crippen LogP contribution in [0.3, 0.4) is 0 Å². The standard InChI is InChI=1S/C13H13NO3/c15-9-11-10-3-1-2-4-12(10)17-13(11)14-5-7-16-8-6-14/h1-4,9H,5-8H2. The molecule has 2 aromatic rings. The van der Waals surface area contributed by atoms with E-state index in [0.29, 0.717) is 24.7 Å². The number of para-hydroxylation sites is 1. The van der Waals surface area contributed by atoms with Crippen molar-refractivity contribution in [3.63, 3.8) is 0 Å². The molecule has 4 nitrogen and oxygen atoms in total. The summed E-state index contributed by atoms with van der Waals surface area (Å²) in [5.41, 5.74) is 1.40. The number of furan rings is 1. The summed E-state index contributed by atoms with van der Waals surface area (Å²) in [5.74, 6) is 0.671. The Morgan fingerprint density at radius 2 is 1.94 bits per heavy atom. The van der Waals surface area contributed by atoms with Crippen molar-refractivity contribution in [2.45, 2.75) is 0 Å². The summed E-state index contributed by atoms with van der Waals surface area (Å²) >= 11 is 0. The maximum absolute atomic E-state index is 11.2. The topological polar surface area (TPSA) is 42.7 Å². The number of hydrogen-bond acceptors (Lipinski definition) is 4. The summed E-state index contributed by atoms with van der Waals surface area (Å²) in [7, 11) is 0. The molecule has 0 spiro atoms. The Morgan fingerprint density at radius 3 is 2.71 bits per heavy atom. The first kappa shape index (κ1) is 10.4. The maximum Gasteiger partial charge on any atom is 0.207 e. The van der Waals surface area contributed by atoms with Gasteiger partial charge in [0.2, 0.25) is 5.88 Å². The van der Waals surface area contributed by atoms with Gasteiger partial charge in [-0.1, -0.05) is 18.2 Å². The van der Waals surface area contributed by atoms with E-state index < -0.39 is 0 Å². The SMILES string of the molecule is O=Cc1c(N2CCOCC2)oc2ccccc12. The van der Waals surface area contributed by atoms with Crippen molar-refractivity contribution < 1.29 is 13.9 Å². The zero-order chi connectivity index (χ0) is 11.7. The quantitative estimate of drug-likeness (QED) is 0.742. The highest BCUT2D eigenvalue weighted by molar-refractivity contribution is 6.01. The second kappa shape index (κ2) is 4.22. The van der Waals surface area contributed by atoms with Gasteiger partial charge in [-0.05, 0) is 6.07 Å². The van der Waals surface area contributed by atoms with Crippen LogP contribution < -0.4 is 4.90 Å². The highest BCUT2D eigenvalue weighted by Gasteiger charge is 2.20. The van der Waals surface area contributed by atoms with Crippen molar-refractivity contribution in [3.05, 3.63) is 29.8 Å². The molecule has 0 aliphatic carbocycles. The molecule has 1 aliphatic heterocycles. The van der Waals surface area contributed by atoms with Crippen molar-refractivity contribution in [2.24, 2.45) is 0 Å². The number of ether oxygens (including phenoxy) is 1. The molecule has 2 heterocycles. The van der Waals surface area contributed by atoms with Gasteiger partial charge in [-0.25, -0.2) is 0 Å². The van der Waals surface area contributed by atoms with Gasteiger partial charge in [0.25, 0.3) is 0 Å². The van der Waals surface area contributed by atoms with Crippen LogP contribution in [0.2, 0.25) is 0 Å². The lowest BCUT2D eigenvalue weighted by molar-refractivity contribution is 0.111. The Hall–Kier alpha value is -1.81. The monoisotopic (exact) mass is 231 g/mol. The van der Waals surface area contributed by atoms with Crippen molar-refractivity contribution in [2.75, 3.05) is 31.2 Å². The number of hydrogen-bond donors (Lipinski definition) is 0. The normalized spacial score (nSPS) is 16.4. The third-order valence-electron chi connectivity index (χ3n) is 3.03. The third kappa shape index (κ3) is 1.70. The van der Waals surface area contributed by atoms with Crippen LogP contribution in [0.4, 0.5) is 5.88 Å². The largest absolute Gasteiger partial charge is 0.440 e. The second-order valence-electron chi connectivity index (χ2n) is 4.03. The summed E-state index contributed by atoms with van der Waals surface area (Å²) in [6, 6.07) is 7.61. The summed E-state index contributed by atoms with van der Waals surface area (Å²) in [5, 5.41) is 0.879. The van der Waals surface area contributed by atoms with Gasteiger partial charge in [0.05, 0.1) is 18.8 Å². The molecule has 1 saturated heterocycles. The van der Waals surface area contributed by atoms with E-state index in [1.165, 1.54) is 0 Å². The summed E-state index contributed by atoms with van der Waals surface area (Å²) < 4.78 is 11.1. The van der Waals surface area contributed by atoms with Crippen LogP contribution in [0.15, 0.2) is 28.7 Å². The number of carbonyl (C=O) groups is 1. The molecule has 1 aromatic heterocycles. The van der Waals surface area contributed by atoms with Crippen molar-refractivity contribution in [1.29, 1.82) is 0 Å². The van der Waals surface area contributed by atoms with Crippen LogP contribution in [0, 0.1) is 0 Å². The van der Waals surface area contributed by atoms with Gasteiger partial charge < -0.3 is 14.1 Å². The number of carbonyl (C=O) groups excluding carboxylic acids is 1. The predicted molar refractivity (Wildman–Crippen MR) is 64.6 cm³/mol. The molecule has 0 N–H and O–H groups in total. The van der Waals surface area contributed by atoms with E-state index in [-0.39, 0.29) is 0 Å². The van der Waals surface area contributed by atoms with E-state index in [9.17, 15) is 4.79 Å². The molecule has 88 valence electrons. The van der Waals surface area contributed by atoms with E-state index in [0.717, 1.165) is 30.3 Å². The van der Waals surface area contributed by atoms with E-state index >= 15 is 0 Å². The minimum absolute atomic E-state index is 0.641. The fourth-order valence-corrected chi connectivity index (χ4v) is 2.17. The molecule has 17 heavy (non-hydrogen) atoms. The molecule has 1 fully saturated rings. The minimum atomic E-state index is 0.641. The molecule has 0 amide bonds. The maximum atomic E-state index is 11.2. The van der Waals surface area contributed by atoms with E-state index in [2.05, 4.69) is 4.90 Å². The third-order valence-corrected chi connectivity index (χ3v) is 3.03. The summed E-state index contributed by atoms with van der Waals surface area (Å²) in [4.78, 5) is 13.3. The van der Waals surface area contributed by atoms with Crippen molar-refractivity contribution >= 4 is 23.1 Å². The van der Waals surface area contributed by atoms with Gasteiger partial charge in [0.15, 0.2) is 6.29 Å². The molecule has 3 rings (SSSR count). The van der Waals surface area contributed by atoms with Gasteiger partial charge in [-0.3, -0.25) is 4.79 Å². The zero-order valence-electron chi connectivity index (χ0n) is 9.39. The molecular weight excluding hydrogens is 218 g/mol. The molecular formula is C13H13NO3. The average Bonchev–Trinajstić information content (AvgIpc) is 2.78. The number of morpholine rings is 1. The number of benzene rings is 1. The predicted octanol–water partition coefficient (Wildman–Crippen LogP) is 2.08. The smallest absolute Gasteiger partial charge is 0.207 e. The van der Waals surface area contributed by atoms with Crippen LogP contribution >= 0.6 is 0 Å². The molecule has 0 bridgehead atoms. The van der Waals surface area contributed by atoms with Gasteiger partial charge in [-0.2, -0.15) is 0 Å². The number of rotatable bonds is 2. The number of anilines is 1. The van der Waals surface area contributed by atoms with Gasteiger partial charge >= 0.3 is 0 Å².